The van der Waals surface area contributed by atoms with E-state index in [4.69, 9.17) is 5.73 Å². The monoisotopic (exact) mass is 237 g/mol. The Labute approximate surface area is 104 Å². The third kappa shape index (κ3) is 1.37. The van der Waals surface area contributed by atoms with Crippen molar-refractivity contribution in [2.75, 3.05) is 0 Å². The van der Waals surface area contributed by atoms with Crippen molar-refractivity contribution < 1.29 is 9.36 Å². The highest BCUT2D eigenvalue weighted by Gasteiger charge is 2.19. The van der Waals surface area contributed by atoms with Crippen LogP contribution in [0.3, 0.4) is 0 Å². The van der Waals surface area contributed by atoms with E-state index in [1.807, 2.05) is 55.6 Å². The van der Waals surface area contributed by atoms with Gasteiger partial charge in [-0.1, -0.05) is 24.3 Å². The van der Waals surface area contributed by atoms with Crippen LogP contribution in [0, 0.1) is 0 Å². The Morgan fingerprint density at radius 3 is 1.83 bits per heavy atom. The molecule has 0 unspecified atom stereocenters. The van der Waals surface area contributed by atoms with Gasteiger partial charge in [0.25, 0.3) is 0 Å². The Balaban J connectivity index is 2.67. The van der Waals surface area contributed by atoms with Crippen molar-refractivity contribution >= 4 is 27.7 Å². The molecule has 2 N–H and O–H groups in total. The van der Waals surface area contributed by atoms with E-state index in [2.05, 4.69) is 4.57 Å². The number of benzene rings is 2. The fraction of sp³-hybridized carbons (Fsp3) is 0.0667. The smallest absolute Gasteiger partial charge is 0.250 e. The molecule has 3 rings (SSSR count). The Morgan fingerprint density at radius 1 is 0.944 bits per heavy atom. The molecule has 1 aromatic heterocycles. The lowest BCUT2D eigenvalue weighted by atomic mass is 10.0. The fourth-order valence-corrected chi connectivity index (χ4v) is 2.50. The van der Waals surface area contributed by atoms with Gasteiger partial charge in [-0.25, -0.2) is 0 Å². The zero-order valence-corrected chi connectivity index (χ0v) is 10.1. The molecule has 0 radical (unpaired) electrons. The van der Waals surface area contributed by atoms with Crippen molar-refractivity contribution in [1.29, 1.82) is 0 Å². The molecule has 0 atom stereocenters. The van der Waals surface area contributed by atoms with Gasteiger partial charge in [0, 0.05) is 12.1 Å². The van der Waals surface area contributed by atoms with Gasteiger partial charge in [0.2, 0.25) is 16.9 Å². The van der Waals surface area contributed by atoms with Crippen molar-refractivity contribution in [3.8, 4) is 0 Å². The molecule has 0 aliphatic heterocycles. The predicted molar refractivity (Wildman–Crippen MR) is 71.1 cm³/mol. The van der Waals surface area contributed by atoms with Crippen LogP contribution in [0.15, 0.2) is 48.5 Å². The Kier molecular flexibility index (Phi) is 2.27. The van der Waals surface area contributed by atoms with Gasteiger partial charge in [-0.3, -0.25) is 4.79 Å². The van der Waals surface area contributed by atoms with Gasteiger partial charge < -0.3 is 5.73 Å². The number of carbonyl (C=O) groups is 1. The summed E-state index contributed by atoms with van der Waals surface area (Å²) < 4.78 is 2.08. The number of pyridine rings is 1. The van der Waals surface area contributed by atoms with Gasteiger partial charge in [-0.2, -0.15) is 4.57 Å². The van der Waals surface area contributed by atoms with Crippen LogP contribution in [0.2, 0.25) is 0 Å². The maximum absolute atomic E-state index is 11.8. The van der Waals surface area contributed by atoms with E-state index in [0.29, 0.717) is 5.56 Å². The molecular weight excluding hydrogens is 224 g/mol. The maximum Gasteiger partial charge on any atom is 0.250 e. The second-order valence-corrected chi connectivity index (χ2v) is 4.33. The molecule has 3 heteroatoms. The number of nitrogens with zero attached hydrogens (tertiary/aromatic N) is 1. The number of rotatable bonds is 1. The van der Waals surface area contributed by atoms with Crippen LogP contribution in [-0.4, -0.2) is 5.91 Å². The normalized spacial score (nSPS) is 10.9. The Morgan fingerprint density at radius 2 is 1.39 bits per heavy atom. The molecule has 0 fully saturated rings. The minimum Gasteiger partial charge on any atom is -0.366 e. The van der Waals surface area contributed by atoms with Gasteiger partial charge in [0.1, 0.15) is 7.05 Å². The van der Waals surface area contributed by atoms with Gasteiger partial charge >= 0.3 is 0 Å². The van der Waals surface area contributed by atoms with Gasteiger partial charge in [0.15, 0.2) is 0 Å². The summed E-state index contributed by atoms with van der Waals surface area (Å²) >= 11 is 0. The lowest BCUT2D eigenvalue weighted by Crippen LogP contribution is -2.31. The third-order valence-electron chi connectivity index (χ3n) is 3.32. The lowest BCUT2D eigenvalue weighted by Gasteiger charge is -2.06. The summed E-state index contributed by atoms with van der Waals surface area (Å²) in [6, 6.07) is 15.6. The molecule has 0 saturated carbocycles. The molecule has 0 aliphatic rings. The summed E-state index contributed by atoms with van der Waals surface area (Å²) in [6.45, 7) is 0. The maximum atomic E-state index is 11.8. The van der Waals surface area contributed by atoms with Gasteiger partial charge in [0.05, 0.1) is 16.3 Å². The number of amides is 1. The molecule has 0 spiro atoms. The van der Waals surface area contributed by atoms with Crippen molar-refractivity contribution in [2.45, 2.75) is 0 Å². The second-order valence-electron chi connectivity index (χ2n) is 4.33. The molecule has 88 valence electrons. The molecule has 18 heavy (non-hydrogen) atoms. The van der Waals surface area contributed by atoms with Crippen molar-refractivity contribution in [1.82, 2.24) is 0 Å². The number of aromatic nitrogens is 1. The minimum atomic E-state index is -0.386. The highest BCUT2D eigenvalue weighted by atomic mass is 16.1. The molecule has 3 aromatic rings. The number of primary amides is 1. The van der Waals surface area contributed by atoms with Crippen LogP contribution < -0.4 is 10.3 Å². The molecule has 0 saturated heterocycles. The topological polar surface area (TPSA) is 47.0 Å². The summed E-state index contributed by atoms with van der Waals surface area (Å²) in [5, 5.41) is 1.79. The first-order valence-electron chi connectivity index (χ1n) is 5.79. The number of para-hydroxylation sites is 2. The number of fused-ring (bicyclic) bond motifs is 2. The van der Waals surface area contributed by atoms with E-state index in [-0.39, 0.29) is 5.91 Å². The van der Waals surface area contributed by atoms with Gasteiger partial charge in [-0.05, 0) is 12.1 Å². The van der Waals surface area contributed by atoms with Crippen LogP contribution in [0.4, 0.5) is 0 Å². The predicted octanol–water partition coefficient (Wildman–Crippen LogP) is 1.92. The molecule has 3 nitrogen and oxygen atoms in total. The first-order valence-corrected chi connectivity index (χ1v) is 5.79. The van der Waals surface area contributed by atoms with Crippen LogP contribution in [0.5, 0.6) is 0 Å². The summed E-state index contributed by atoms with van der Waals surface area (Å²) in [5.41, 5.74) is 8.15. The average molecular weight is 237 g/mol. The van der Waals surface area contributed by atoms with Gasteiger partial charge in [-0.15, -0.1) is 0 Å². The summed E-state index contributed by atoms with van der Waals surface area (Å²) in [4.78, 5) is 11.8. The first-order chi connectivity index (χ1) is 8.70. The highest BCUT2D eigenvalue weighted by molar-refractivity contribution is 6.14. The van der Waals surface area contributed by atoms with Crippen LogP contribution >= 0.6 is 0 Å². The molecule has 2 aromatic carbocycles. The lowest BCUT2D eigenvalue weighted by molar-refractivity contribution is -0.617. The van der Waals surface area contributed by atoms with E-state index in [0.717, 1.165) is 21.8 Å². The first kappa shape index (κ1) is 10.7. The SMILES string of the molecule is C[n+]1c2ccccc2c(C(N)=O)c2ccccc21. The molecule has 1 heterocycles. The number of hydrogen-bond acceptors (Lipinski definition) is 1. The number of hydrogen-bond donors (Lipinski definition) is 1. The van der Waals surface area contributed by atoms with Crippen molar-refractivity contribution in [2.24, 2.45) is 12.8 Å². The summed E-state index contributed by atoms with van der Waals surface area (Å²) in [7, 11) is 2.00. The average Bonchev–Trinajstić information content (AvgIpc) is 2.39. The van der Waals surface area contributed by atoms with E-state index >= 15 is 0 Å². The Bertz CT molecular complexity index is 721. The van der Waals surface area contributed by atoms with E-state index in [1.54, 1.807) is 0 Å². The van der Waals surface area contributed by atoms with Crippen molar-refractivity contribution in [3.05, 3.63) is 54.1 Å². The summed E-state index contributed by atoms with van der Waals surface area (Å²) in [5.74, 6) is -0.386. The minimum absolute atomic E-state index is 0.386. The fourth-order valence-electron chi connectivity index (χ4n) is 2.50. The molecule has 1 amide bonds. The molecular formula is C15H13N2O+. The number of carbonyl (C=O) groups excluding carboxylic acids is 1. The van der Waals surface area contributed by atoms with Crippen LogP contribution in [0.1, 0.15) is 10.4 Å². The number of nitrogens with two attached hydrogens (primary N) is 1. The van der Waals surface area contributed by atoms with Crippen LogP contribution in [-0.2, 0) is 7.05 Å². The quantitative estimate of drug-likeness (QED) is 0.510. The largest absolute Gasteiger partial charge is 0.366 e. The summed E-state index contributed by atoms with van der Waals surface area (Å²) in [6.07, 6.45) is 0. The van der Waals surface area contributed by atoms with E-state index in [9.17, 15) is 4.79 Å². The van der Waals surface area contributed by atoms with Crippen molar-refractivity contribution in [3.63, 3.8) is 0 Å². The highest BCUT2D eigenvalue weighted by Crippen LogP contribution is 2.23. The molecule has 0 bridgehead atoms. The molecule has 0 aliphatic carbocycles. The number of aryl methyl sites for hydroxylation is 1. The van der Waals surface area contributed by atoms with E-state index in [1.165, 1.54) is 0 Å². The van der Waals surface area contributed by atoms with Crippen LogP contribution in [0.25, 0.3) is 21.8 Å². The second kappa shape index (κ2) is 3.81. The Hall–Kier alpha value is -2.42. The third-order valence-corrected chi connectivity index (χ3v) is 3.32. The zero-order chi connectivity index (χ0) is 12.7. The zero-order valence-electron chi connectivity index (χ0n) is 10.1. The standard InChI is InChI=1S/C15H12N2O/c1-17-12-8-4-2-6-10(12)14(15(16)18)11-7-3-5-9-13(11)17/h2-9H,1H3,(H-,16,18)/p+1. The van der Waals surface area contributed by atoms with E-state index < -0.39 is 0 Å².